The van der Waals surface area contributed by atoms with E-state index in [4.69, 9.17) is 10.8 Å². The first kappa shape index (κ1) is 17.1. The molecular weight excluding hydrogens is 285 g/mol. The van der Waals surface area contributed by atoms with Crippen molar-refractivity contribution < 1.29 is 24.2 Å². The molecule has 0 aromatic carbocycles. The molecule has 1 rings (SSSR count). The van der Waals surface area contributed by atoms with Crippen molar-refractivity contribution in [1.82, 2.24) is 9.99 Å². The van der Waals surface area contributed by atoms with Crippen LogP contribution in [-0.4, -0.2) is 58.6 Å². The summed E-state index contributed by atoms with van der Waals surface area (Å²) in [5, 5.41) is 11.2. The fourth-order valence-corrected chi connectivity index (χ4v) is 3.67. The van der Waals surface area contributed by atoms with E-state index in [0.29, 0.717) is 38.8 Å². The number of unbranched alkanes of at least 4 members (excludes halogenated alkanes) is 1. The van der Waals surface area contributed by atoms with Gasteiger partial charge in [0.2, 0.25) is 5.91 Å². The third-order valence-electron chi connectivity index (χ3n) is 3.13. The number of carboxylic acid groups (broad SMARTS) is 1. The number of rotatable bonds is 8. The highest BCUT2D eigenvalue weighted by Gasteiger charge is 2.33. The van der Waals surface area contributed by atoms with Crippen molar-refractivity contribution >= 4 is 19.4 Å². The zero-order valence-electron chi connectivity index (χ0n) is 11.3. The number of nitrogens with one attached hydrogen (secondary N) is 1. The van der Waals surface area contributed by atoms with E-state index in [1.165, 1.54) is 4.90 Å². The minimum atomic E-state index is -3.59. The zero-order chi connectivity index (χ0) is 15.2. The Morgan fingerprint density at radius 1 is 1.50 bits per heavy atom. The Labute approximate surface area is 117 Å². The molecule has 0 saturated carbocycles. The molecule has 5 N–H and O–H groups in total. The summed E-state index contributed by atoms with van der Waals surface area (Å²) in [5.74, 6) is -1.51. The Bertz CT molecular complexity index is 404. The van der Waals surface area contributed by atoms with Gasteiger partial charge in [-0.25, -0.2) is 5.09 Å². The molecule has 0 aromatic rings. The molecule has 1 aliphatic heterocycles. The molecule has 9 heteroatoms. The Morgan fingerprint density at radius 3 is 2.80 bits per heavy atom. The van der Waals surface area contributed by atoms with E-state index in [1.54, 1.807) is 0 Å². The van der Waals surface area contributed by atoms with E-state index in [2.05, 4.69) is 5.09 Å². The van der Waals surface area contributed by atoms with Gasteiger partial charge in [0.15, 0.2) is 0 Å². The summed E-state index contributed by atoms with van der Waals surface area (Å²) in [6.07, 6.45) is 2.27. The first-order chi connectivity index (χ1) is 9.35. The monoisotopic (exact) mass is 307 g/mol. The predicted octanol–water partition coefficient (Wildman–Crippen LogP) is -0.424. The van der Waals surface area contributed by atoms with Gasteiger partial charge in [0.25, 0.3) is 7.52 Å². The third-order valence-corrected chi connectivity index (χ3v) is 4.77. The molecule has 0 spiro atoms. The average Bonchev–Trinajstić information content (AvgIpc) is 2.33. The lowest BCUT2D eigenvalue weighted by Gasteiger charge is -2.32. The number of aliphatic carboxylic acids is 1. The van der Waals surface area contributed by atoms with Gasteiger partial charge in [-0.3, -0.25) is 14.2 Å². The van der Waals surface area contributed by atoms with Crippen molar-refractivity contribution in [3.63, 3.8) is 0 Å². The molecule has 1 unspecified atom stereocenters. The molecule has 1 fully saturated rings. The van der Waals surface area contributed by atoms with Gasteiger partial charge in [0.1, 0.15) is 6.54 Å². The number of likely N-dealkylation sites (tertiary alicyclic amines) is 1. The number of hydrogen-bond acceptors (Lipinski definition) is 4. The number of amides is 1. The van der Waals surface area contributed by atoms with E-state index in [-0.39, 0.29) is 12.7 Å². The highest BCUT2D eigenvalue weighted by Crippen LogP contribution is 2.38. The van der Waals surface area contributed by atoms with E-state index in [0.717, 1.165) is 0 Å². The fraction of sp³-hybridized carbons (Fsp3) is 0.818. The second-order valence-corrected chi connectivity index (χ2v) is 7.01. The molecule has 1 aliphatic rings. The van der Waals surface area contributed by atoms with E-state index >= 15 is 0 Å². The number of carboxylic acids is 1. The SMILES string of the molecule is NCCCCP(=O)(O)N[C@H]1CCCN(CC(=O)O)C1=O. The van der Waals surface area contributed by atoms with Gasteiger partial charge in [-0.1, -0.05) is 0 Å². The van der Waals surface area contributed by atoms with E-state index in [9.17, 15) is 19.0 Å². The van der Waals surface area contributed by atoms with Crippen LogP contribution in [-0.2, 0) is 14.2 Å². The molecule has 1 heterocycles. The van der Waals surface area contributed by atoms with E-state index in [1.807, 2.05) is 0 Å². The smallest absolute Gasteiger partial charge is 0.323 e. The number of carbonyl (C=O) groups is 2. The second-order valence-electron chi connectivity index (χ2n) is 4.90. The van der Waals surface area contributed by atoms with Crippen LogP contribution < -0.4 is 10.8 Å². The van der Waals surface area contributed by atoms with Crippen LogP contribution in [0.1, 0.15) is 25.7 Å². The summed E-state index contributed by atoms with van der Waals surface area (Å²) in [5.41, 5.74) is 5.32. The highest BCUT2D eigenvalue weighted by molar-refractivity contribution is 7.55. The maximum absolute atomic E-state index is 12.0. The van der Waals surface area contributed by atoms with Crippen molar-refractivity contribution in [1.29, 1.82) is 0 Å². The van der Waals surface area contributed by atoms with Crippen LogP contribution in [0.2, 0.25) is 0 Å². The molecular formula is C11H22N3O5P. The Balaban J connectivity index is 2.55. The van der Waals surface area contributed by atoms with Crippen LogP contribution in [0.25, 0.3) is 0 Å². The summed E-state index contributed by atoms with van der Waals surface area (Å²) < 4.78 is 11.9. The average molecular weight is 307 g/mol. The van der Waals surface area contributed by atoms with Gasteiger partial charge < -0.3 is 20.6 Å². The lowest BCUT2D eigenvalue weighted by atomic mass is 10.1. The molecule has 0 aliphatic carbocycles. The maximum Gasteiger partial charge on any atom is 0.323 e. The predicted molar refractivity (Wildman–Crippen MR) is 73.4 cm³/mol. The Kier molecular flexibility index (Phi) is 6.61. The number of carbonyl (C=O) groups excluding carboxylic acids is 1. The third kappa shape index (κ3) is 5.58. The molecule has 0 radical (unpaired) electrons. The Hall–Kier alpha value is -0.950. The fourth-order valence-electron chi connectivity index (χ4n) is 2.16. The van der Waals surface area contributed by atoms with Gasteiger partial charge in [0.05, 0.1) is 6.04 Å². The molecule has 116 valence electrons. The number of nitrogens with zero attached hydrogens (tertiary/aromatic N) is 1. The number of nitrogens with two attached hydrogens (primary N) is 1. The van der Waals surface area contributed by atoms with Crippen LogP contribution >= 0.6 is 7.52 Å². The van der Waals surface area contributed by atoms with Gasteiger partial charge in [-0.15, -0.1) is 0 Å². The summed E-state index contributed by atoms with van der Waals surface area (Å²) in [6, 6.07) is -0.781. The van der Waals surface area contributed by atoms with Crippen molar-refractivity contribution in [3.8, 4) is 0 Å². The molecule has 8 nitrogen and oxygen atoms in total. The van der Waals surface area contributed by atoms with Crippen LogP contribution in [0, 0.1) is 0 Å². The van der Waals surface area contributed by atoms with Gasteiger partial charge in [0, 0.05) is 12.7 Å². The minimum Gasteiger partial charge on any atom is -0.480 e. The van der Waals surface area contributed by atoms with Crippen LogP contribution in [0.5, 0.6) is 0 Å². The van der Waals surface area contributed by atoms with Crippen molar-refractivity contribution in [2.75, 3.05) is 25.8 Å². The van der Waals surface area contributed by atoms with Crippen molar-refractivity contribution in [2.24, 2.45) is 5.73 Å². The molecule has 2 atom stereocenters. The first-order valence-corrected chi connectivity index (χ1v) is 8.50. The number of hydrogen-bond donors (Lipinski definition) is 4. The van der Waals surface area contributed by atoms with Gasteiger partial charge in [-0.05, 0) is 32.2 Å². The second kappa shape index (κ2) is 7.73. The minimum absolute atomic E-state index is 0.0624. The number of piperidine rings is 1. The topological polar surface area (TPSA) is 133 Å². The lowest BCUT2D eigenvalue weighted by molar-refractivity contribution is -0.146. The van der Waals surface area contributed by atoms with Crippen LogP contribution in [0.4, 0.5) is 0 Å². The molecule has 20 heavy (non-hydrogen) atoms. The normalized spacial score (nSPS) is 22.6. The summed E-state index contributed by atoms with van der Waals surface area (Å²) in [6.45, 7) is 0.445. The maximum atomic E-state index is 12.0. The standard InChI is InChI=1S/C11H22N3O5P/c12-5-1-2-7-20(18,19)13-9-4-3-6-14(11(9)17)8-10(15)16/h9H,1-8,12H2,(H,15,16)(H2,13,18,19)/t9-/m0/s1. The summed E-state index contributed by atoms with van der Waals surface area (Å²) >= 11 is 0. The zero-order valence-corrected chi connectivity index (χ0v) is 12.2. The lowest BCUT2D eigenvalue weighted by Crippen LogP contribution is -2.51. The van der Waals surface area contributed by atoms with Crippen molar-refractivity contribution in [3.05, 3.63) is 0 Å². The first-order valence-electron chi connectivity index (χ1n) is 6.66. The highest BCUT2D eigenvalue weighted by atomic mass is 31.2. The van der Waals surface area contributed by atoms with Crippen LogP contribution in [0.3, 0.4) is 0 Å². The molecule has 0 bridgehead atoms. The summed E-state index contributed by atoms with van der Waals surface area (Å²) in [7, 11) is -3.59. The van der Waals surface area contributed by atoms with Gasteiger partial charge in [-0.2, -0.15) is 0 Å². The molecule has 0 aromatic heterocycles. The summed E-state index contributed by atoms with van der Waals surface area (Å²) in [4.78, 5) is 33.7. The molecule has 1 amide bonds. The van der Waals surface area contributed by atoms with Crippen LogP contribution in [0.15, 0.2) is 0 Å². The van der Waals surface area contributed by atoms with E-state index < -0.39 is 25.4 Å². The quantitative estimate of drug-likeness (QED) is 0.353. The van der Waals surface area contributed by atoms with Gasteiger partial charge >= 0.3 is 5.97 Å². The van der Waals surface area contributed by atoms with Crippen molar-refractivity contribution in [2.45, 2.75) is 31.7 Å². The molecule has 1 saturated heterocycles. The largest absolute Gasteiger partial charge is 0.480 e. The Morgan fingerprint density at radius 2 is 2.20 bits per heavy atom.